The average molecular weight is 293 g/mol. The average Bonchev–Trinajstić information content (AvgIpc) is 2.99. The molecule has 6 nitrogen and oxygen atoms in total. The largest absolute Gasteiger partial charge is 0.337 e. The van der Waals surface area contributed by atoms with Gasteiger partial charge in [0.25, 0.3) is 5.95 Å². The van der Waals surface area contributed by atoms with Crippen molar-refractivity contribution in [1.82, 2.24) is 20.4 Å². The fraction of sp³-hybridized carbons (Fsp3) is 0.867. The summed E-state index contributed by atoms with van der Waals surface area (Å²) in [7, 11) is 2.15. The lowest BCUT2D eigenvalue weighted by atomic mass is 9.84. The molecule has 0 bridgehead atoms. The first kappa shape index (κ1) is 14.8. The summed E-state index contributed by atoms with van der Waals surface area (Å²) >= 11 is 0. The second kappa shape index (κ2) is 6.75. The minimum Gasteiger partial charge on any atom is -0.337 e. The van der Waals surface area contributed by atoms with Crippen LogP contribution in [-0.4, -0.2) is 60.9 Å². The summed E-state index contributed by atoms with van der Waals surface area (Å²) < 4.78 is 5.60. The third-order valence-corrected chi connectivity index (χ3v) is 4.77. The minimum absolute atomic E-state index is 0.382. The molecular formula is C15H27N5O. The molecule has 2 aliphatic rings. The maximum absolute atomic E-state index is 5.60. The molecule has 2 unspecified atom stereocenters. The molecule has 2 atom stereocenters. The number of rotatable bonds is 4. The zero-order valence-corrected chi connectivity index (χ0v) is 13.2. The first-order chi connectivity index (χ1) is 10.3. The Balaban J connectivity index is 1.68. The van der Waals surface area contributed by atoms with Crippen LogP contribution in [0, 0.1) is 0 Å². The van der Waals surface area contributed by atoms with Crippen LogP contribution >= 0.6 is 0 Å². The van der Waals surface area contributed by atoms with Crippen LogP contribution in [0.2, 0.25) is 0 Å². The van der Waals surface area contributed by atoms with Crippen LogP contribution in [-0.2, 0) is 0 Å². The van der Waals surface area contributed by atoms with Crippen LogP contribution in [0.1, 0.15) is 44.4 Å². The lowest BCUT2D eigenvalue weighted by Crippen LogP contribution is -2.45. The molecule has 1 aliphatic heterocycles. The monoisotopic (exact) mass is 293 g/mol. The SMILES string of the molecule is CCNC1CCCCC1c1nc(N2CCN(C)CC2)no1. The third-order valence-electron chi connectivity index (χ3n) is 4.77. The van der Waals surface area contributed by atoms with Crippen molar-refractivity contribution in [3.05, 3.63) is 5.89 Å². The van der Waals surface area contributed by atoms with Gasteiger partial charge in [-0.1, -0.05) is 19.8 Å². The summed E-state index contributed by atoms with van der Waals surface area (Å²) in [5.41, 5.74) is 0. The highest BCUT2D eigenvalue weighted by Gasteiger charge is 2.31. The summed E-state index contributed by atoms with van der Waals surface area (Å²) in [6.07, 6.45) is 4.93. The second-order valence-electron chi connectivity index (χ2n) is 6.28. The number of likely N-dealkylation sites (N-methyl/N-ethyl adjacent to an activating group) is 2. The van der Waals surface area contributed by atoms with E-state index in [0.717, 1.165) is 51.0 Å². The van der Waals surface area contributed by atoms with Gasteiger partial charge in [0.2, 0.25) is 5.89 Å². The molecule has 0 spiro atoms. The molecule has 1 saturated heterocycles. The summed E-state index contributed by atoms with van der Waals surface area (Å²) in [4.78, 5) is 9.27. The molecule has 3 rings (SSSR count). The number of hydrogen-bond acceptors (Lipinski definition) is 6. The predicted octanol–water partition coefficient (Wildman–Crippen LogP) is 1.46. The van der Waals surface area contributed by atoms with E-state index >= 15 is 0 Å². The van der Waals surface area contributed by atoms with Crippen molar-refractivity contribution in [2.24, 2.45) is 0 Å². The van der Waals surface area contributed by atoms with Crippen LogP contribution in [0.3, 0.4) is 0 Å². The number of nitrogens with one attached hydrogen (secondary N) is 1. The number of nitrogens with zero attached hydrogens (tertiary/aromatic N) is 4. The van der Waals surface area contributed by atoms with E-state index in [4.69, 9.17) is 9.51 Å². The second-order valence-corrected chi connectivity index (χ2v) is 6.28. The van der Waals surface area contributed by atoms with Crippen molar-refractivity contribution in [2.75, 3.05) is 44.7 Å². The smallest absolute Gasteiger partial charge is 0.266 e. The molecule has 118 valence electrons. The van der Waals surface area contributed by atoms with Gasteiger partial charge in [0, 0.05) is 32.2 Å². The molecule has 21 heavy (non-hydrogen) atoms. The molecular weight excluding hydrogens is 266 g/mol. The Bertz CT molecular complexity index is 439. The van der Waals surface area contributed by atoms with Crippen molar-refractivity contribution in [3.63, 3.8) is 0 Å². The zero-order valence-electron chi connectivity index (χ0n) is 13.2. The quantitative estimate of drug-likeness (QED) is 0.907. The topological polar surface area (TPSA) is 57.4 Å². The van der Waals surface area contributed by atoms with Crippen molar-refractivity contribution in [3.8, 4) is 0 Å². The van der Waals surface area contributed by atoms with E-state index in [-0.39, 0.29) is 0 Å². The molecule has 1 aliphatic carbocycles. The molecule has 1 N–H and O–H groups in total. The summed E-state index contributed by atoms with van der Waals surface area (Å²) in [5, 5.41) is 7.81. The van der Waals surface area contributed by atoms with Gasteiger partial charge in [-0.25, -0.2) is 0 Å². The molecule has 0 radical (unpaired) electrons. The minimum atomic E-state index is 0.382. The van der Waals surface area contributed by atoms with Gasteiger partial charge in [-0.05, 0) is 31.6 Å². The molecule has 2 fully saturated rings. The number of aromatic nitrogens is 2. The summed E-state index contributed by atoms with van der Waals surface area (Å²) in [6, 6.07) is 0.490. The Kier molecular flexibility index (Phi) is 4.75. The zero-order chi connectivity index (χ0) is 14.7. The standard InChI is InChI=1S/C15H27N5O/c1-3-16-13-7-5-4-6-12(13)14-17-15(18-21-14)20-10-8-19(2)9-11-20/h12-13,16H,3-11H2,1-2H3. The van der Waals surface area contributed by atoms with Crippen molar-refractivity contribution in [2.45, 2.75) is 44.6 Å². The van der Waals surface area contributed by atoms with Crippen molar-refractivity contribution < 1.29 is 4.52 Å². The van der Waals surface area contributed by atoms with Gasteiger partial charge in [-0.15, -0.1) is 0 Å². The Morgan fingerprint density at radius 1 is 1.19 bits per heavy atom. The highest BCUT2D eigenvalue weighted by Crippen LogP contribution is 2.33. The van der Waals surface area contributed by atoms with E-state index in [0.29, 0.717) is 12.0 Å². The Hall–Kier alpha value is -1.14. The van der Waals surface area contributed by atoms with Gasteiger partial charge >= 0.3 is 0 Å². The molecule has 6 heteroatoms. The molecule has 1 saturated carbocycles. The van der Waals surface area contributed by atoms with Gasteiger partial charge in [-0.3, -0.25) is 0 Å². The molecule has 0 amide bonds. The van der Waals surface area contributed by atoms with E-state index in [9.17, 15) is 0 Å². The van der Waals surface area contributed by atoms with Crippen LogP contribution in [0.25, 0.3) is 0 Å². The fourth-order valence-electron chi connectivity index (χ4n) is 3.45. The van der Waals surface area contributed by atoms with Crippen LogP contribution in [0.15, 0.2) is 4.52 Å². The van der Waals surface area contributed by atoms with Gasteiger partial charge in [0.1, 0.15) is 0 Å². The third kappa shape index (κ3) is 3.37. The lowest BCUT2D eigenvalue weighted by molar-refractivity contribution is 0.264. The van der Waals surface area contributed by atoms with Crippen LogP contribution in [0.4, 0.5) is 5.95 Å². The first-order valence-electron chi connectivity index (χ1n) is 8.28. The van der Waals surface area contributed by atoms with Gasteiger partial charge in [-0.2, -0.15) is 4.98 Å². The van der Waals surface area contributed by atoms with Gasteiger partial charge < -0.3 is 19.6 Å². The Morgan fingerprint density at radius 3 is 2.71 bits per heavy atom. The summed E-state index contributed by atoms with van der Waals surface area (Å²) in [6.45, 7) is 7.25. The summed E-state index contributed by atoms with van der Waals surface area (Å²) in [5.74, 6) is 1.99. The Morgan fingerprint density at radius 2 is 1.95 bits per heavy atom. The van der Waals surface area contributed by atoms with E-state index in [1.165, 1.54) is 19.3 Å². The lowest BCUT2D eigenvalue weighted by Gasteiger charge is -2.31. The van der Waals surface area contributed by atoms with Crippen molar-refractivity contribution in [1.29, 1.82) is 0 Å². The maximum atomic E-state index is 5.60. The maximum Gasteiger partial charge on any atom is 0.266 e. The highest BCUT2D eigenvalue weighted by atomic mass is 16.5. The molecule has 1 aromatic rings. The van der Waals surface area contributed by atoms with E-state index in [1.807, 2.05) is 0 Å². The predicted molar refractivity (Wildman–Crippen MR) is 82.7 cm³/mol. The highest BCUT2D eigenvalue weighted by molar-refractivity contribution is 5.29. The van der Waals surface area contributed by atoms with E-state index in [2.05, 4.69) is 34.2 Å². The molecule has 1 aromatic heterocycles. The first-order valence-corrected chi connectivity index (χ1v) is 8.28. The van der Waals surface area contributed by atoms with E-state index < -0.39 is 0 Å². The van der Waals surface area contributed by atoms with Crippen LogP contribution in [0.5, 0.6) is 0 Å². The van der Waals surface area contributed by atoms with Gasteiger partial charge in [0.05, 0.1) is 5.92 Å². The molecule has 0 aromatic carbocycles. The molecule has 2 heterocycles. The Labute approximate surface area is 126 Å². The van der Waals surface area contributed by atoms with E-state index in [1.54, 1.807) is 0 Å². The fourth-order valence-corrected chi connectivity index (χ4v) is 3.45. The van der Waals surface area contributed by atoms with Gasteiger partial charge in [0.15, 0.2) is 0 Å². The normalized spacial score (nSPS) is 28.0. The van der Waals surface area contributed by atoms with Crippen LogP contribution < -0.4 is 10.2 Å². The number of hydrogen-bond donors (Lipinski definition) is 1. The number of piperazine rings is 1. The van der Waals surface area contributed by atoms with Crippen molar-refractivity contribution >= 4 is 5.95 Å². The number of anilines is 1.